The Hall–Kier alpha value is -3.47. The smallest absolute Gasteiger partial charge is 0.493 e. The molecule has 0 amide bonds. The van der Waals surface area contributed by atoms with Crippen LogP contribution in [0.25, 0.3) is 10.9 Å². The molecule has 0 fully saturated rings. The lowest BCUT2D eigenvalue weighted by atomic mass is 10.1. The molecule has 0 spiro atoms. The van der Waals surface area contributed by atoms with E-state index in [0.29, 0.717) is 52.8 Å². The highest BCUT2D eigenvalue weighted by molar-refractivity contribution is 5.92. The number of methoxy groups -OCH3 is 2. The van der Waals surface area contributed by atoms with Crippen LogP contribution in [0.4, 0.5) is 24.7 Å². The van der Waals surface area contributed by atoms with Crippen LogP contribution in [0.15, 0.2) is 30.3 Å². The maximum absolute atomic E-state index is 12.7. The van der Waals surface area contributed by atoms with Crippen LogP contribution in [-0.4, -0.2) is 43.8 Å². The van der Waals surface area contributed by atoms with Gasteiger partial charge in [0.2, 0.25) is 0 Å². The zero-order chi connectivity index (χ0) is 24.2. The molecule has 3 rings (SSSR count). The number of alkyl halides is 3. The van der Waals surface area contributed by atoms with E-state index < -0.39 is 18.2 Å². The average Bonchev–Trinajstić information content (AvgIpc) is 2.72. The molecule has 0 bridgehead atoms. The molecule has 0 aliphatic rings. The molecule has 33 heavy (non-hydrogen) atoms. The molecule has 8 nitrogen and oxygen atoms in total. The summed E-state index contributed by atoms with van der Waals surface area (Å²) in [7, 11) is 3.10. The Labute approximate surface area is 188 Å². The summed E-state index contributed by atoms with van der Waals surface area (Å²) in [6, 6.07) is 6.98. The van der Waals surface area contributed by atoms with Crippen molar-refractivity contribution in [2.75, 3.05) is 38.5 Å². The van der Waals surface area contributed by atoms with Crippen LogP contribution in [0.2, 0.25) is 0 Å². The number of nitrogen functional groups attached to an aromatic ring is 1. The number of rotatable bonds is 9. The minimum Gasteiger partial charge on any atom is -0.493 e. The van der Waals surface area contributed by atoms with Gasteiger partial charge >= 0.3 is 6.36 Å². The van der Waals surface area contributed by atoms with Gasteiger partial charge in [-0.2, -0.15) is 0 Å². The molecule has 11 heteroatoms. The van der Waals surface area contributed by atoms with Crippen LogP contribution < -0.4 is 25.3 Å². The van der Waals surface area contributed by atoms with E-state index in [-0.39, 0.29) is 5.69 Å². The number of nitrogens with zero attached hydrogens (tertiary/aromatic N) is 2. The Morgan fingerprint density at radius 2 is 1.79 bits per heavy atom. The van der Waals surface area contributed by atoms with Crippen molar-refractivity contribution in [2.24, 2.45) is 0 Å². The zero-order valence-electron chi connectivity index (χ0n) is 18.6. The van der Waals surface area contributed by atoms with Crippen molar-refractivity contribution >= 4 is 22.4 Å². The molecule has 0 saturated heterocycles. The molecule has 1 heterocycles. The molecular formula is C22H25F3N4O4. The fourth-order valence-corrected chi connectivity index (χ4v) is 3.25. The van der Waals surface area contributed by atoms with Crippen molar-refractivity contribution in [2.45, 2.75) is 26.3 Å². The van der Waals surface area contributed by atoms with Crippen molar-refractivity contribution in [3.05, 3.63) is 41.7 Å². The van der Waals surface area contributed by atoms with Crippen LogP contribution in [0.1, 0.15) is 24.4 Å². The summed E-state index contributed by atoms with van der Waals surface area (Å²) in [5.74, 6) is 1.56. The van der Waals surface area contributed by atoms with Gasteiger partial charge in [0.05, 0.1) is 25.3 Å². The van der Waals surface area contributed by atoms with Crippen LogP contribution in [-0.2, 0) is 4.74 Å². The number of nitrogens with two attached hydrogens (primary N) is 1. The number of hydrogen-bond acceptors (Lipinski definition) is 8. The van der Waals surface area contributed by atoms with E-state index in [2.05, 4.69) is 20.0 Å². The van der Waals surface area contributed by atoms with Crippen molar-refractivity contribution in [1.82, 2.24) is 9.97 Å². The lowest BCUT2D eigenvalue weighted by Gasteiger charge is -2.19. The third-order valence-corrected chi connectivity index (χ3v) is 4.68. The lowest BCUT2D eigenvalue weighted by Crippen LogP contribution is -2.18. The number of aryl methyl sites for hydroxylation is 1. The standard InChI is InChI=1S/C22H25F3N4O4/c1-12(14-7-15(26)9-16(8-14)33-22(23,24)25)27-21-17-10-20(32-6-5-30-3)19(31-4)11-18(17)28-13(2)29-21/h7-12H,5-6,26H2,1-4H3,(H,27,28,29). The largest absolute Gasteiger partial charge is 0.573 e. The first-order valence-corrected chi connectivity index (χ1v) is 10.0. The molecule has 0 radical (unpaired) electrons. The summed E-state index contributed by atoms with van der Waals surface area (Å²) in [6.45, 7) is 4.22. The summed E-state index contributed by atoms with van der Waals surface area (Å²) in [4.78, 5) is 8.93. The van der Waals surface area contributed by atoms with E-state index in [1.54, 1.807) is 39.2 Å². The molecule has 3 N–H and O–H groups in total. The Balaban J connectivity index is 1.97. The molecular weight excluding hydrogens is 441 g/mol. The molecule has 2 aromatic carbocycles. The zero-order valence-corrected chi connectivity index (χ0v) is 18.6. The van der Waals surface area contributed by atoms with Crippen molar-refractivity contribution < 1.29 is 32.1 Å². The summed E-state index contributed by atoms with van der Waals surface area (Å²) >= 11 is 0. The van der Waals surface area contributed by atoms with Crippen molar-refractivity contribution in [3.8, 4) is 17.2 Å². The second-order valence-electron chi connectivity index (χ2n) is 7.23. The highest BCUT2D eigenvalue weighted by Gasteiger charge is 2.31. The molecule has 0 saturated carbocycles. The van der Waals surface area contributed by atoms with Crippen LogP contribution in [0.3, 0.4) is 0 Å². The summed E-state index contributed by atoms with van der Waals surface area (Å²) in [6.07, 6.45) is -4.82. The molecule has 1 atom stereocenters. The van der Waals surface area contributed by atoms with Gasteiger partial charge in [-0.25, -0.2) is 9.97 Å². The first kappa shape index (κ1) is 24.2. The van der Waals surface area contributed by atoms with E-state index >= 15 is 0 Å². The maximum atomic E-state index is 12.7. The summed E-state index contributed by atoms with van der Waals surface area (Å²) in [5, 5.41) is 3.88. The molecule has 0 aliphatic carbocycles. The topological polar surface area (TPSA) is 101 Å². The molecule has 1 aromatic heterocycles. The second kappa shape index (κ2) is 9.99. The second-order valence-corrected chi connectivity index (χ2v) is 7.23. The highest BCUT2D eigenvalue weighted by Crippen LogP contribution is 2.36. The van der Waals surface area contributed by atoms with Gasteiger partial charge in [0.15, 0.2) is 11.5 Å². The van der Waals surface area contributed by atoms with Gasteiger partial charge in [-0.05, 0) is 37.6 Å². The minimum absolute atomic E-state index is 0.141. The van der Waals surface area contributed by atoms with Gasteiger partial charge in [-0.1, -0.05) is 0 Å². The summed E-state index contributed by atoms with van der Waals surface area (Å²) < 4.78 is 58.2. The fraction of sp³-hybridized carbons (Fsp3) is 0.364. The quantitative estimate of drug-likeness (QED) is 0.348. The van der Waals surface area contributed by atoms with Crippen LogP contribution in [0.5, 0.6) is 17.2 Å². The average molecular weight is 466 g/mol. The number of anilines is 2. The van der Waals surface area contributed by atoms with E-state index in [1.807, 2.05) is 0 Å². The predicted molar refractivity (Wildman–Crippen MR) is 118 cm³/mol. The highest BCUT2D eigenvalue weighted by atomic mass is 19.4. The van der Waals surface area contributed by atoms with Gasteiger partial charge in [-0.15, -0.1) is 13.2 Å². The molecule has 178 valence electrons. The van der Waals surface area contributed by atoms with Gasteiger partial charge in [0.25, 0.3) is 0 Å². The Morgan fingerprint density at radius 3 is 2.45 bits per heavy atom. The number of fused-ring (bicyclic) bond motifs is 1. The van der Waals surface area contributed by atoms with Crippen molar-refractivity contribution in [1.29, 1.82) is 0 Å². The van der Waals surface area contributed by atoms with Crippen LogP contribution >= 0.6 is 0 Å². The first-order valence-electron chi connectivity index (χ1n) is 10.0. The van der Waals surface area contributed by atoms with E-state index in [9.17, 15) is 13.2 Å². The normalized spacial score (nSPS) is 12.5. The minimum atomic E-state index is -4.82. The number of aromatic nitrogens is 2. The SMILES string of the molecule is COCCOc1cc2c(NC(C)c3cc(N)cc(OC(F)(F)F)c3)nc(C)nc2cc1OC. The van der Waals surface area contributed by atoms with Gasteiger partial charge < -0.3 is 30.0 Å². The molecule has 1 unspecified atom stereocenters. The predicted octanol–water partition coefficient (Wildman–Crippen LogP) is 4.63. The Kier molecular flexibility index (Phi) is 7.32. The Morgan fingerprint density at radius 1 is 1.03 bits per heavy atom. The number of ether oxygens (including phenoxy) is 4. The van der Waals surface area contributed by atoms with Crippen molar-refractivity contribution in [3.63, 3.8) is 0 Å². The van der Waals surface area contributed by atoms with Gasteiger partial charge in [-0.3, -0.25) is 0 Å². The molecule has 0 aliphatic heterocycles. The molecule has 3 aromatic rings. The van der Waals surface area contributed by atoms with Gasteiger partial charge in [0.1, 0.15) is 24.0 Å². The maximum Gasteiger partial charge on any atom is 0.573 e. The van der Waals surface area contributed by atoms with Crippen LogP contribution in [0, 0.1) is 6.92 Å². The third-order valence-electron chi connectivity index (χ3n) is 4.68. The fourth-order valence-electron chi connectivity index (χ4n) is 3.25. The number of hydrogen-bond donors (Lipinski definition) is 2. The van der Waals surface area contributed by atoms with E-state index in [4.69, 9.17) is 19.9 Å². The third kappa shape index (κ3) is 6.28. The van der Waals surface area contributed by atoms with E-state index in [0.717, 1.165) is 6.07 Å². The van der Waals surface area contributed by atoms with E-state index in [1.165, 1.54) is 13.2 Å². The Bertz CT molecular complexity index is 1120. The van der Waals surface area contributed by atoms with Gasteiger partial charge in [0, 0.05) is 30.3 Å². The number of nitrogens with one attached hydrogen (secondary N) is 1. The first-order chi connectivity index (χ1) is 15.6. The number of halogens is 3. The lowest BCUT2D eigenvalue weighted by molar-refractivity contribution is -0.274. The summed E-state index contributed by atoms with van der Waals surface area (Å²) in [5.41, 5.74) is 7.04. The number of benzene rings is 2. The monoisotopic (exact) mass is 466 g/mol.